The van der Waals surface area contributed by atoms with Crippen molar-refractivity contribution in [3.8, 4) is 0 Å². The topological polar surface area (TPSA) is 90.6 Å². The summed E-state index contributed by atoms with van der Waals surface area (Å²) in [6, 6.07) is 9.50. The normalized spacial score (nSPS) is 14.1. The number of aromatic nitrogens is 3. The van der Waals surface area contributed by atoms with Crippen molar-refractivity contribution in [2.45, 2.75) is 19.3 Å². The smallest absolute Gasteiger partial charge is 0.205 e. The highest BCUT2D eigenvalue weighted by Gasteiger charge is 2.24. The van der Waals surface area contributed by atoms with Gasteiger partial charge in [-0.25, -0.2) is 0 Å². The molecule has 2 heterocycles. The van der Waals surface area contributed by atoms with Crippen LogP contribution in [0.3, 0.4) is 0 Å². The molecule has 1 aliphatic carbocycles. The van der Waals surface area contributed by atoms with Crippen LogP contribution in [0.4, 0.5) is 11.5 Å². The molecule has 3 aromatic rings. The molecule has 22 heavy (non-hydrogen) atoms. The second kappa shape index (κ2) is 4.84. The van der Waals surface area contributed by atoms with E-state index in [1.54, 1.807) is 0 Å². The second-order valence-corrected chi connectivity index (χ2v) is 5.40. The van der Waals surface area contributed by atoms with E-state index in [1.165, 1.54) is 0 Å². The van der Waals surface area contributed by atoms with Crippen LogP contribution in [0.15, 0.2) is 35.1 Å². The maximum absolute atomic E-state index is 12.7. The number of Topliss-reactive ketones (excluding diaryl/α,β-unsaturated/α-hetero) is 1. The third-order valence-electron chi connectivity index (χ3n) is 3.94. The van der Waals surface area contributed by atoms with Gasteiger partial charge in [-0.15, -0.1) is 0 Å². The van der Waals surface area contributed by atoms with Gasteiger partial charge in [-0.1, -0.05) is 18.2 Å². The molecule has 0 amide bonds. The van der Waals surface area contributed by atoms with E-state index in [0.717, 1.165) is 12.1 Å². The van der Waals surface area contributed by atoms with Gasteiger partial charge >= 0.3 is 0 Å². The van der Waals surface area contributed by atoms with Gasteiger partial charge < -0.3 is 10.3 Å². The molecule has 0 aliphatic heterocycles. The molecule has 4 rings (SSSR count). The molecule has 2 aromatic heterocycles. The van der Waals surface area contributed by atoms with Gasteiger partial charge in [-0.2, -0.15) is 5.10 Å². The van der Waals surface area contributed by atoms with Gasteiger partial charge in [0.2, 0.25) is 5.43 Å². The molecule has 0 unspecified atom stereocenters. The Balaban J connectivity index is 1.90. The van der Waals surface area contributed by atoms with Gasteiger partial charge in [0.1, 0.15) is 11.2 Å². The molecule has 6 nitrogen and oxygen atoms in total. The number of anilines is 2. The largest absolute Gasteiger partial charge is 0.341 e. The number of rotatable bonds is 2. The first-order chi connectivity index (χ1) is 10.7. The van der Waals surface area contributed by atoms with Gasteiger partial charge in [0, 0.05) is 17.8 Å². The molecule has 0 saturated heterocycles. The quantitative estimate of drug-likeness (QED) is 0.677. The highest BCUT2D eigenvalue weighted by atomic mass is 16.1. The van der Waals surface area contributed by atoms with Crippen LogP contribution < -0.4 is 10.7 Å². The van der Waals surface area contributed by atoms with Crippen LogP contribution in [0.25, 0.3) is 11.0 Å². The molecular weight excluding hydrogens is 280 g/mol. The molecule has 0 fully saturated rings. The number of nitrogens with one attached hydrogen (secondary N) is 3. The van der Waals surface area contributed by atoms with Crippen molar-refractivity contribution in [2.24, 2.45) is 0 Å². The second-order valence-electron chi connectivity index (χ2n) is 5.40. The minimum absolute atomic E-state index is 0.0868. The number of aromatic amines is 2. The fourth-order valence-corrected chi connectivity index (χ4v) is 2.91. The summed E-state index contributed by atoms with van der Waals surface area (Å²) in [7, 11) is 0. The number of fused-ring (bicyclic) bond motifs is 2. The molecule has 0 spiro atoms. The number of hydrogen-bond acceptors (Lipinski definition) is 4. The van der Waals surface area contributed by atoms with Crippen molar-refractivity contribution in [3.63, 3.8) is 0 Å². The van der Waals surface area contributed by atoms with E-state index in [-0.39, 0.29) is 16.8 Å². The first-order valence-electron chi connectivity index (χ1n) is 7.22. The number of ketones is 1. The summed E-state index contributed by atoms with van der Waals surface area (Å²) in [5.74, 6) is 0.417. The fourth-order valence-electron chi connectivity index (χ4n) is 2.91. The van der Waals surface area contributed by atoms with Crippen molar-refractivity contribution in [3.05, 3.63) is 51.8 Å². The Morgan fingerprint density at radius 1 is 1.09 bits per heavy atom. The van der Waals surface area contributed by atoms with E-state index < -0.39 is 0 Å². The van der Waals surface area contributed by atoms with E-state index in [1.807, 2.05) is 30.3 Å². The fraction of sp³-hybridized carbons (Fsp3) is 0.188. The molecule has 3 N–H and O–H groups in total. The lowest BCUT2D eigenvalue weighted by atomic mass is 9.94. The summed E-state index contributed by atoms with van der Waals surface area (Å²) in [6.07, 6.45) is 1.91. The molecule has 1 aliphatic rings. The Hall–Kier alpha value is -2.89. The zero-order valence-corrected chi connectivity index (χ0v) is 11.8. The van der Waals surface area contributed by atoms with Crippen molar-refractivity contribution >= 4 is 28.3 Å². The van der Waals surface area contributed by atoms with Crippen molar-refractivity contribution in [2.75, 3.05) is 5.32 Å². The number of carbonyl (C=O) groups excluding carboxylic acids is 1. The molecular formula is C16H14N4O2. The Kier molecular flexibility index (Phi) is 2.82. The third kappa shape index (κ3) is 1.92. The number of para-hydroxylation sites is 1. The monoisotopic (exact) mass is 294 g/mol. The van der Waals surface area contributed by atoms with E-state index in [2.05, 4.69) is 20.5 Å². The maximum atomic E-state index is 12.7. The minimum atomic E-state index is -0.249. The summed E-state index contributed by atoms with van der Waals surface area (Å²) >= 11 is 0. The Bertz CT molecular complexity index is 924. The number of benzene rings is 1. The predicted molar refractivity (Wildman–Crippen MR) is 83.7 cm³/mol. The average Bonchev–Trinajstić information content (AvgIpc) is 2.91. The first-order valence-corrected chi connectivity index (χ1v) is 7.22. The average molecular weight is 294 g/mol. The lowest BCUT2D eigenvalue weighted by molar-refractivity contribution is 0.0970. The zero-order valence-electron chi connectivity index (χ0n) is 11.8. The highest BCUT2D eigenvalue weighted by molar-refractivity contribution is 6.02. The summed E-state index contributed by atoms with van der Waals surface area (Å²) < 4.78 is 0. The molecule has 110 valence electrons. The van der Waals surface area contributed by atoms with Gasteiger partial charge in [0.05, 0.1) is 5.56 Å². The number of nitrogens with zero attached hydrogens (tertiary/aromatic N) is 1. The standard InChI is InChI=1S/C16H14N4O2/c21-11-8-4-7-10-12(11)14(22)13-15(19-20-16(13)18-10)17-9-5-2-1-3-6-9/h1-3,5-6H,4,7-8H2,(H3,17,18,19,20,22). The van der Waals surface area contributed by atoms with Crippen molar-refractivity contribution < 1.29 is 4.79 Å². The third-order valence-corrected chi connectivity index (χ3v) is 3.94. The molecule has 0 bridgehead atoms. The summed E-state index contributed by atoms with van der Waals surface area (Å²) in [4.78, 5) is 27.9. The Morgan fingerprint density at radius 3 is 2.73 bits per heavy atom. The molecule has 1 aromatic carbocycles. The number of carbonyl (C=O) groups is 1. The Morgan fingerprint density at radius 2 is 1.91 bits per heavy atom. The van der Waals surface area contributed by atoms with Crippen LogP contribution >= 0.6 is 0 Å². The summed E-state index contributed by atoms with van der Waals surface area (Å²) in [5.41, 5.74) is 2.07. The van der Waals surface area contributed by atoms with Crippen molar-refractivity contribution in [1.29, 1.82) is 0 Å². The molecule has 0 saturated carbocycles. The van der Waals surface area contributed by atoms with Crippen LogP contribution in [0, 0.1) is 0 Å². The first kappa shape index (κ1) is 12.8. The number of aryl methyl sites for hydroxylation is 1. The minimum Gasteiger partial charge on any atom is -0.341 e. The predicted octanol–water partition coefficient (Wildman–Crippen LogP) is 2.51. The summed E-state index contributed by atoms with van der Waals surface area (Å²) in [6.45, 7) is 0. The zero-order chi connectivity index (χ0) is 15.1. The van der Waals surface area contributed by atoms with E-state index >= 15 is 0 Å². The summed E-state index contributed by atoms with van der Waals surface area (Å²) in [5, 5.41) is 10.5. The number of hydrogen-bond donors (Lipinski definition) is 3. The van der Waals surface area contributed by atoms with Crippen LogP contribution in [-0.2, 0) is 6.42 Å². The SMILES string of the molecule is O=C1CCCc2[nH]c3n[nH]c(Nc4ccccc4)c3c(=O)c21. The highest BCUT2D eigenvalue weighted by Crippen LogP contribution is 2.24. The van der Waals surface area contributed by atoms with Crippen molar-refractivity contribution in [1.82, 2.24) is 15.2 Å². The van der Waals surface area contributed by atoms with E-state index in [0.29, 0.717) is 35.4 Å². The van der Waals surface area contributed by atoms with Gasteiger partial charge in [0.25, 0.3) is 0 Å². The molecule has 0 radical (unpaired) electrons. The van der Waals surface area contributed by atoms with Crippen LogP contribution in [0.5, 0.6) is 0 Å². The molecule has 0 atom stereocenters. The lowest BCUT2D eigenvalue weighted by Crippen LogP contribution is -2.23. The van der Waals surface area contributed by atoms with Gasteiger partial charge in [-0.05, 0) is 25.0 Å². The lowest BCUT2D eigenvalue weighted by Gasteiger charge is -2.13. The van der Waals surface area contributed by atoms with E-state index in [9.17, 15) is 9.59 Å². The van der Waals surface area contributed by atoms with Gasteiger partial charge in [-0.3, -0.25) is 14.7 Å². The number of H-pyrrole nitrogens is 2. The Labute approximate surface area is 125 Å². The maximum Gasteiger partial charge on any atom is 0.205 e. The molecule has 6 heteroatoms. The van der Waals surface area contributed by atoms with E-state index in [4.69, 9.17) is 0 Å². The van der Waals surface area contributed by atoms with Crippen LogP contribution in [0.1, 0.15) is 28.9 Å². The van der Waals surface area contributed by atoms with Crippen LogP contribution in [0.2, 0.25) is 0 Å². The van der Waals surface area contributed by atoms with Gasteiger partial charge in [0.15, 0.2) is 11.4 Å². The number of pyridine rings is 1. The van der Waals surface area contributed by atoms with Crippen LogP contribution in [-0.4, -0.2) is 21.0 Å².